The molecule has 8 nitrogen and oxygen atoms in total. The standard InChI is InChI=1S/C30H26ClN7OS/c1-37-9-8-33-30(37)40-28-7-5-23(15-26(28)31)36-29-22(16-32)18-35-27-14-20(3-6-25(27)29)21-2-4-24(34-17-21)19-38-10-12-39-13-11-38/h2-9,14-15,17-18H,10-13,19H2,1H3,(H,35,36). The lowest BCUT2D eigenvalue weighted by Crippen LogP contribution is -2.35. The Morgan fingerprint density at radius 2 is 1.88 bits per heavy atom. The third-order valence-corrected chi connectivity index (χ3v) is 8.39. The summed E-state index contributed by atoms with van der Waals surface area (Å²) in [7, 11) is 1.95. The maximum atomic E-state index is 9.81. The van der Waals surface area contributed by atoms with Crippen LogP contribution in [0.4, 0.5) is 11.4 Å². The number of benzene rings is 2. The predicted molar refractivity (Wildman–Crippen MR) is 158 cm³/mol. The van der Waals surface area contributed by atoms with Crippen LogP contribution in [0.1, 0.15) is 11.3 Å². The lowest BCUT2D eigenvalue weighted by molar-refractivity contribution is 0.0336. The van der Waals surface area contributed by atoms with Crippen LogP contribution in [0, 0.1) is 11.3 Å². The van der Waals surface area contributed by atoms with E-state index in [1.807, 2.05) is 60.4 Å². The first-order valence-corrected chi connectivity index (χ1v) is 14.1. The number of imidazole rings is 1. The highest BCUT2D eigenvalue weighted by Crippen LogP contribution is 2.36. The average molecular weight is 568 g/mol. The van der Waals surface area contributed by atoms with Crippen molar-refractivity contribution in [3.05, 3.63) is 89.6 Å². The van der Waals surface area contributed by atoms with Gasteiger partial charge in [-0.1, -0.05) is 41.6 Å². The van der Waals surface area contributed by atoms with Crippen molar-refractivity contribution in [2.45, 2.75) is 16.6 Å². The summed E-state index contributed by atoms with van der Waals surface area (Å²) in [6.45, 7) is 4.23. The van der Waals surface area contributed by atoms with Gasteiger partial charge in [-0.15, -0.1) is 0 Å². The molecule has 200 valence electrons. The first-order valence-electron chi connectivity index (χ1n) is 12.9. The third-order valence-electron chi connectivity index (χ3n) is 6.82. The van der Waals surface area contributed by atoms with E-state index in [-0.39, 0.29) is 0 Å². The van der Waals surface area contributed by atoms with Crippen LogP contribution in [0.15, 0.2) is 83.4 Å². The van der Waals surface area contributed by atoms with Gasteiger partial charge in [0.2, 0.25) is 0 Å². The number of hydrogen-bond acceptors (Lipinski definition) is 8. The maximum Gasteiger partial charge on any atom is 0.172 e. The van der Waals surface area contributed by atoms with Crippen molar-refractivity contribution >= 4 is 45.6 Å². The second-order valence-corrected chi connectivity index (χ2v) is 10.9. The van der Waals surface area contributed by atoms with E-state index in [1.54, 1.807) is 12.4 Å². The van der Waals surface area contributed by atoms with E-state index in [0.29, 0.717) is 16.3 Å². The van der Waals surface area contributed by atoms with Gasteiger partial charge in [0.15, 0.2) is 5.16 Å². The fraction of sp³-hybridized carbons (Fsp3) is 0.200. The third kappa shape index (κ3) is 5.67. The summed E-state index contributed by atoms with van der Waals surface area (Å²) in [5, 5.41) is 15.5. The van der Waals surface area contributed by atoms with Gasteiger partial charge in [-0.05, 0) is 35.9 Å². The molecule has 40 heavy (non-hydrogen) atoms. The van der Waals surface area contributed by atoms with Crippen LogP contribution in [0.5, 0.6) is 0 Å². The number of morpholine rings is 1. The Morgan fingerprint density at radius 1 is 1.02 bits per heavy atom. The van der Waals surface area contributed by atoms with Gasteiger partial charge in [0.1, 0.15) is 6.07 Å². The van der Waals surface area contributed by atoms with Crippen molar-refractivity contribution in [1.29, 1.82) is 5.26 Å². The fourth-order valence-electron chi connectivity index (χ4n) is 4.62. The van der Waals surface area contributed by atoms with E-state index < -0.39 is 0 Å². The molecule has 0 bridgehead atoms. The molecule has 0 aliphatic carbocycles. The Hall–Kier alpha value is -3.94. The smallest absolute Gasteiger partial charge is 0.172 e. The highest BCUT2D eigenvalue weighted by molar-refractivity contribution is 7.99. The first-order chi connectivity index (χ1) is 19.6. The number of hydrogen-bond donors (Lipinski definition) is 1. The van der Waals surface area contributed by atoms with Crippen molar-refractivity contribution in [2.75, 3.05) is 31.6 Å². The number of nitrogens with one attached hydrogen (secondary N) is 1. The summed E-state index contributed by atoms with van der Waals surface area (Å²) in [4.78, 5) is 16.9. The Kier molecular flexibility index (Phi) is 7.66. The number of nitrogens with zero attached hydrogens (tertiary/aromatic N) is 6. The minimum Gasteiger partial charge on any atom is -0.379 e. The van der Waals surface area contributed by atoms with Crippen molar-refractivity contribution in [2.24, 2.45) is 7.05 Å². The molecule has 1 fully saturated rings. The molecule has 0 spiro atoms. The quantitative estimate of drug-likeness (QED) is 0.245. The Labute approximate surface area is 241 Å². The zero-order chi connectivity index (χ0) is 27.5. The lowest BCUT2D eigenvalue weighted by atomic mass is 10.0. The summed E-state index contributed by atoms with van der Waals surface area (Å²) >= 11 is 8.12. The normalized spacial score (nSPS) is 13.8. The average Bonchev–Trinajstić information content (AvgIpc) is 3.39. The van der Waals surface area contributed by atoms with Crippen molar-refractivity contribution in [3.63, 3.8) is 0 Å². The molecular weight excluding hydrogens is 542 g/mol. The molecule has 1 saturated heterocycles. The molecule has 4 heterocycles. The van der Waals surface area contributed by atoms with E-state index in [9.17, 15) is 5.26 Å². The number of fused-ring (bicyclic) bond motifs is 1. The fourth-order valence-corrected chi connectivity index (χ4v) is 5.73. The number of aryl methyl sites for hydroxylation is 1. The minimum absolute atomic E-state index is 0.456. The monoisotopic (exact) mass is 567 g/mol. The number of halogens is 1. The van der Waals surface area contributed by atoms with Crippen LogP contribution < -0.4 is 5.32 Å². The molecule has 0 unspecified atom stereocenters. The van der Waals surface area contributed by atoms with Crippen LogP contribution in [0.2, 0.25) is 5.02 Å². The van der Waals surface area contributed by atoms with Crippen LogP contribution >= 0.6 is 23.4 Å². The lowest BCUT2D eigenvalue weighted by Gasteiger charge is -2.26. The number of aromatic nitrogens is 4. The minimum atomic E-state index is 0.456. The van der Waals surface area contributed by atoms with Gasteiger partial charge in [0.05, 0.1) is 40.7 Å². The number of pyridine rings is 2. The molecule has 5 aromatic rings. The number of anilines is 2. The summed E-state index contributed by atoms with van der Waals surface area (Å²) in [6.07, 6.45) is 7.17. The summed E-state index contributed by atoms with van der Waals surface area (Å²) in [5.74, 6) is 0. The molecule has 0 atom stereocenters. The van der Waals surface area contributed by atoms with E-state index >= 15 is 0 Å². The largest absolute Gasteiger partial charge is 0.379 e. The van der Waals surface area contributed by atoms with E-state index in [0.717, 1.165) is 76.3 Å². The SMILES string of the molecule is Cn1ccnc1Sc1ccc(Nc2c(C#N)cnc3cc(-c4ccc(CN5CCOCC5)nc4)ccc23)cc1Cl. The van der Waals surface area contributed by atoms with Crippen molar-refractivity contribution in [1.82, 2.24) is 24.4 Å². The zero-order valence-corrected chi connectivity index (χ0v) is 23.4. The number of ether oxygens (including phenoxy) is 1. The molecule has 10 heteroatoms. The summed E-state index contributed by atoms with van der Waals surface area (Å²) in [5.41, 5.74) is 5.78. The second kappa shape index (κ2) is 11.7. The van der Waals surface area contributed by atoms with Gasteiger partial charge in [-0.3, -0.25) is 14.9 Å². The van der Waals surface area contributed by atoms with Gasteiger partial charge in [0.25, 0.3) is 0 Å². The molecule has 0 amide bonds. The van der Waals surface area contributed by atoms with E-state index in [1.165, 1.54) is 11.8 Å². The molecule has 3 aromatic heterocycles. The zero-order valence-electron chi connectivity index (χ0n) is 21.8. The highest BCUT2D eigenvalue weighted by atomic mass is 35.5. The van der Waals surface area contributed by atoms with E-state index in [2.05, 4.69) is 38.4 Å². The van der Waals surface area contributed by atoms with Gasteiger partial charge in [-0.2, -0.15) is 5.26 Å². The van der Waals surface area contributed by atoms with Gasteiger partial charge < -0.3 is 14.6 Å². The molecular formula is C30H26ClN7OS. The van der Waals surface area contributed by atoms with Crippen LogP contribution in [-0.2, 0) is 18.3 Å². The highest BCUT2D eigenvalue weighted by Gasteiger charge is 2.14. The second-order valence-electron chi connectivity index (χ2n) is 9.51. The van der Waals surface area contributed by atoms with Crippen LogP contribution in [0.3, 0.4) is 0 Å². The van der Waals surface area contributed by atoms with Crippen LogP contribution in [-0.4, -0.2) is 50.7 Å². The van der Waals surface area contributed by atoms with Gasteiger partial charge >= 0.3 is 0 Å². The van der Waals surface area contributed by atoms with Crippen molar-refractivity contribution in [3.8, 4) is 17.2 Å². The molecule has 0 radical (unpaired) electrons. The van der Waals surface area contributed by atoms with E-state index in [4.69, 9.17) is 21.3 Å². The first kappa shape index (κ1) is 26.3. The van der Waals surface area contributed by atoms with Gasteiger partial charge in [0, 0.05) is 73.0 Å². The van der Waals surface area contributed by atoms with Crippen molar-refractivity contribution < 1.29 is 4.74 Å². The molecule has 6 rings (SSSR count). The molecule has 1 N–H and O–H groups in total. The Balaban J connectivity index is 1.24. The predicted octanol–water partition coefficient (Wildman–Crippen LogP) is 6.28. The molecule has 1 aliphatic heterocycles. The Bertz CT molecular complexity index is 1710. The number of nitriles is 1. The van der Waals surface area contributed by atoms with Crippen LogP contribution in [0.25, 0.3) is 22.0 Å². The maximum absolute atomic E-state index is 9.81. The summed E-state index contributed by atoms with van der Waals surface area (Å²) < 4.78 is 7.38. The Morgan fingerprint density at radius 3 is 2.60 bits per heavy atom. The van der Waals surface area contributed by atoms with Gasteiger partial charge in [-0.25, -0.2) is 4.98 Å². The summed E-state index contributed by atoms with van der Waals surface area (Å²) in [6, 6.07) is 18.3. The number of rotatable bonds is 7. The molecule has 2 aromatic carbocycles. The topological polar surface area (TPSA) is 91.9 Å². The molecule has 1 aliphatic rings. The molecule has 0 saturated carbocycles.